The van der Waals surface area contributed by atoms with Crippen LogP contribution in [0.1, 0.15) is 40.5 Å². The van der Waals surface area contributed by atoms with E-state index in [0.29, 0.717) is 23.6 Å². The zero-order chi connectivity index (χ0) is 19.7. The van der Waals surface area contributed by atoms with Crippen molar-refractivity contribution in [2.75, 3.05) is 27.3 Å². The molecule has 0 bridgehead atoms. The summed E-state index contributed by atoms with van der Waals surface area (Å²) >= 11 is 0. The minimum Gasteiger partial charge on any atom is -0.493 e. The van der Waals surface area contributed by atoms with Gasteiger partial charge in [0.15, 0.2) is 17.1 Å². The van der Waals surface area contributed by atoms with Gasteiger partial charge in [-0.25, -0.2) is 9.50 Å². The lowest BCUT2D eigenvalue weighted by Gasteiger charge is -2.33. The zero-order valence-electron chi connectivity index (χ0n) is 16.4. The van der Waals surface area contributed by atoms with Crippen molar-refractivity contribution in [1.82, 2.24) is 19.5 Å². The number of carbonyl (C=O) groups excluding carboxylic acids is 1. The lowest BCUT2D eigenvalue weighted by molar-refractivity contribution is 0.0704. The van der Waals surface area contributed by atoms with Crippen molar-refractivity contribution in [3.05, 3.63) is 53.5 Å². The van der Waals surface area contributed by atoms with E-state index in [0.717, 1.165) is 36.4 Å². The molecule has 0 saturated carbocycles. The van der Waals surface area contributed by atoms with Crippen LogP contribution < -0.4 is 9.47 Å². The standard InChI is InChI=1S/C21H24N4O3/c1-14-11-20-22-9-8-17(25(20)23-14)16-5-4-10-24(13-16)21(26)15-6-7-18(27-2)19(12-15)28-3/h6-9,11-12,16H,4-5,10,13H2,1-3H3/t16-/m1/s1. The SMILES string of the molecule is COc1ccc(C(=O)N2CCC[C@@H](c3ccnc4cc(C)nn34)C2)cc1OC. The molecule has 1 fully saturated rings. The number of methoxy groups -OCH3 is 2. The number of nitrogens with zero attached hydrogens (tertiary/aromatic N) is 4. The molecule has 7 heteroatoms. The fraction of sp³-hybridized carbons (Fsp3) is 0.381. The number of ether oxygens (including phenoxy) is 2. The molecule has 3 aromatic rings. The lowest BCUT2D eigenvalue weighted by Crippen LogP contribution is -2.39. The summed E-state index contributed by atoms with van der Waals surface area (Å²) in [7, 11) is 3.16. The van der Waals surface area contributed by atoms with E-state index in [1.807, 2.05) is 34.7 Å². The van der Waals surface area contributed by atoms with E-state index in [9.17, 15) is 4.79 Å². The Labute approximate surface area is 163 Å². The monoisotopic (exact) mass is 380 g/mol. The molecule has 0 spiro atoms. The fourth-order valence-corrected chi connectivity index (χ4v) is 3.89. The third-order valence-electron chi connectivity index (χ3n) is 5.27. The number of likely N-dealkylation sites (tertiary alicyclic amines) is 1. The average molecular weight is 380 g/mol. The summed E-state index contributed by atoms with van der Waals surface area (Å²) in [6.07, 6.45) is 3.79. The third-order valence-corrected chi connectivity index (χ3v) is 5.27. The highest BCUT2D eigenvalue weighted by Gasteiger charge is 2.27. The molecule has 1 saturated heterocycles. The minimum absolute atomic E-state index is 0.00704. The molecule has 1 amide bonds. The van der Waals surface area contributed by atoms with Gasteiger partial charge in [-0.1, -0.05) is 0 Å². The quantitative estimate of drug-likeness (QED) is 0.696. The molecule has 1 atom stereocenters. The Kier molecular flexibility index (Phi) is 4.90. The maximum absolute atomic E-state index is 13.1. The van der Waals surface area contributed by atoms with Crippen LogP contribution in [-0.2, 0) is 0 Å². The molecule has 1 aromatic carbocycles. The fourth-order valence-electron chi connectivity index (χ4n) is 3.89. The average Bonchev–Trinajstić information content (AvgIpc) is 3.12. The number of aromatic nitrogens is 3. The molecule has 0 radical (unpaired) electrons. The summed E-state index contributed by atoms with van der Waals surface area (Å²) in [6.45, 7) is 3.37. The number of fused-ring (bicyclic) bond motifs is 1. The first-order chi connectivity index (χ1) is 13.6. The first-order valence-corrected chi connectivity index (χ1v) is 9.43. The number of hydrogen-bond acceptors (Lipinski definition) is 5. The highest BCUT2D eigenvalue weighted by Crippen LogP contribution is 2.31. The number of amides is 1. The van der Waals surface area contributed by atoms with Gasteiger partial charge >= 0.3 is 0 Å². The summed E-state index contributed by atoms with van der Waals surface area (Å²) in [5, 5.41) is 4.58. The Morgan fingerprint density at radius 3 is 2.75 bits per heavy atom. The van der Waals surface area contributed by atoms with E-state index in [4.69, 9.17) is 9.47 Å². The second kappa shape index (κ2) is 7.50. The van der Waals surface area contributed by atoms with Crippen LogP contribution in [-0.4, -0.2) is 52.7 Å². The summed E-state index contributed by atoms with van der Waals surface area (Å²) in [5.41, 5.74) is 3.49. The molecule has 0 aliphatic carbocycles. The number of benzene rings is 1. The molecule has 4 rings (SSSR count). The van der Waals surface area contributed by atoms with Gasteiger partial charge in [0.25, 0.3) is 5.91 Å². The van der Waals surface area contributed by atoms with Crippen molar-refractivity contribution in [2.24, 2.45) is 0 Å². The van der Waals surface area contributed by atoms with Crippen molar-refractivity contribution in [3.8, 4) is 11.5 Å². The van der Waals surface area contributed by atoms with E-state index >= 15 is 0 Å². The van der Waals surface area contributed by atoms with Gasteiger partial charge in [0.2, 0.25) is 0 Å². The smallest absolute Gasteiger partial charge is 0.254 e. The predicted molar refractivity (Wildman–Crippen MR) is 105 cm³/mol. The molecule has 3 heterocycles. The number of piperidine rings is 1. The van der Waals surface area contributed by atoms with Gasteiger partial charge in [0.1, 0.15) is 0 Å². The van der Waals surface area contributed by atoms with Gasteiger partial charge in [0, 0.05) is 36.8 Å². The van der Waals surface area contributed by atoms with E-state index in [-0.39, 0.29) is 11.8 Å². The van der Waals surface area contributed by atoms with E-state index < -0.39 is 0 Å². The minimum atomic E-state index is 0.00704. The molecule has 1 aliphatic rings. The Morgan fingerprint density at radius 1 is 1.14 bits per heavy atom. The van der Waals surface area contributed by atoms with E-state index in [2.05, 4.69) is 10.1 Å². The maximum atomic E-state index is 13.1. The van der Waals surface area contributed by atoms with Crippen LogP contribution in [0.5, 0.6) is 11.5 Å². The van der Waals surface area contributed by atoms with Crippen LogP contribution in [0, 0.1) is 6.92 Å². The van der Waals surface area contributed by atoms with E-state index in [1.54, 1.807) is 32.4 Å². The molecule has 0 N–H and O–H groups in total. The van der Waals surface area contributed by atoms with E-state index in [1.165, 1.54) is 0 Å². The molecule has 28 heavy (non-hydrogen) atoms. The molecule has 2 aromatic heterocycles. The van der Waals surface area contributed by atoms with Crippen molar-refractivity contribution >= 4 is 11.6 Å². The molecule has 1 aliphatic heterocycles. The van der Waals surface area contributed by atoms with Gasteiger partial charge in [-0.2, -0.15) is 5.10 Å². The molecule has 0 unspecified atom stereocenters. The van der Waals surface area contributed by atoms with Gasteiger partial charge in [-0.05, 0) is 44.0 Å². The highest BCUT2D eigenvalue weighted by atomic mass is 16.5. The predicted octanol–water partition coefficient (Wildman–Crippen LogP) is 3.07. The number of rotatable bonds is 4. The topological polar surface area (TPSA) is 69.0 Å². The van der Waals surface area contributed by atoms with Crippen LogP contribution in [0.4, 0.5) is 0 Å². The number of aryl methyl sites for hydroxylation is 1. The maximum Gasteiger partial charge on any atom is 0.254 e. The highest BCUT2D eigenvalue weighted by molar-refractivity contribution is 5.95. The molecular weight excluding hydrogens is 356 g/mol. The van der Waals surface area contributed by atoms with Crippen molar-refractivity contribution in [2.45, 2.75) is 25.7 Å². The Morgan fingerprint density at radius 2 is 1.96 bits per heavy atom. The lowest BCUT2D eigenvalue weighted by atomic mass is 9.94. The first-order valence-electron chi connectivity index (χ1n) is 9.43. The summed E-state index contributed by atoms with van der Waals surface area (Å²) in [5.74, 6) is 1.41. The van der Waals surface area contributed by atoms with Crippen LogP contribution >= 0.6 is 0 Å². The molecule has 7 nitrogen and oxygen atoms in total. The molecule has 146 valence electrons. The number of carbonyl (C=O) groups is 1. The van der Waals surface area contributed by atoms with Crippen molar-refractivity contribution < 1.29 is 14.3 Å². The zero-order valence-corrected chi connectivity index (χ0v) is 16.4. The Hall–Kier alpha value is -3.09. The van der Waals surface area contributed by atoms with Crippen LogP contribution in [0.15, 0.2) is 36.5 Å². The Bertz CT molecular complexity index is 1010. The Balaban J connectivity index is 1.59. The van der Waals surface area contributed by atoms with Crippen molar-refractivity contribution in [1.29, 1.82) is 0 Å². The third kappa shape index (κ3) is 3.28. The van der Waals surface area contributed by atoms with Crippen LogP contribution in [0.3, 0.4) is 0 Å². The largest absolute Gasteiger partial charge is 0.493 e. The second-order valence-corrected chi connectivity index (χ2v) is 7.09. The first kappa shape index (κ1) is 18.3. The summed E-state index contributed by atoms with van der Waals surface area (Å²) in [4.78, 5) is 19.4. The summed E-state index contributed by atoms with van der Waals surface area (Å²) in [6, 6.07) is 9.28. The molecular formula is C21H24N4O3. The van der Waals surface area contributed by atoms with Crippen molar-refractivity contribution in [3.63, 3.8) is 0 Å². The van der Waals surface area contributed by atoms with Crippen LogP contribution in [0.25, 0.3) is 5.65 Å². The van der Waals surface area contributed by atoms with Gasteiger partial charge in [-0.3, -0.25) is 4.79 Å². The van der Waals surface area contributed by atoms with Gasteiger partial charge in [-0.15, -0.1) is 0 Å². The van der Waals surface area contributed by atoms with Crippen LogP contribution in [0.2, 0.25) is 0 Å². The summed E-state index contributed by atoms with van der Waals surface area (Å²) < 4.78 is 12.5. The van der Waals surface area contributed by atoms with Gasteiger partial charge < -0.3 is 14.4 Å². The second-order valence-electron chi connectivity index (χ2n) is 7.09. The number of hydrogen-bond donors (Lipinski definition) is 0. The van der Waals surface area contributed by atoms with Gasteiger partial charge in [0.05, 0.1) is 25.6 Å². The normalized spacial score (nSPS) is 17.0.